The van der Waals surface area contributed by atoms with Crippen molar-refractivity contribution in [2.45, 2.75) is 112 Å². The molecule has 0 unspecified atom stereocenters. The van der Waals surface area contributed by atoms with E-state index in [1.807, 2.05) is 0 Å². The highest BCUT2D eigenvalue weighted by Gasteiger charge is 2.70. The number of carboxylic acids is 1. The molecule has 0 aromatic carbocycles. The zero-order valence-corrected chi connectivity index (χ0v) is 22.5. The van der Waals surface area contributed by atoms with Crippen LogP contribution < -0.4 is 0 Å². The number of carboxylic acid groups (broad SMARTS) is 1. The number of Topliss-reactive ketones (excluding diaryl/α,β-unsaturated/α-hetero) is 1. The normalized spacial score (nSPS) is 51.3. The average molecular weight is 471 g/mol. The van der Waals surface area contributed by atoms with Crippen molar-refractivity contribution in [3.63, 3.8) is 0 Å². The third kappa shape index (κ3) is 2.81. The quantitative estimate of drug-likeness (QED) is 0.434. The lowest BCUT2D eigenvalue weighted by atomic mass is 9.33. The lowest BCUT2D eigenvalue weighted by Gasteiger charge is -2.70. The molecule has 0 radical (unpaired) electrons. The fraction of sp³-hybridized carbons (Fsp3) is 0.867. The third-order valence-electron chi connectivity index (χ3n) is 12.8. The Labute approximate surface area is 206 Å². The number of ketones is 1. The number of aliphatic carboxylic acids is 1. The fourth-order valence-corrected chi connectivity index (χ4v) is 10.5. The van der Waals surface area contributed by atoms with Crippen molar-refractivity contribution in [1.29, 1.82) is 0 Å². The second-order valence-corrected chi connectivity index (χ2v) is 15.0. The number of fused-ring (bicyclic) bond motifs is 7. The van der Waals surface area contributed by atoms with Crippen molar-refractivity contribution in [3.05, 3.63) is 11.6 Å². The molecule has 5 aliphatic rings. The van der Waals surface area contributed by atoms with Crippen LogP contribution in [0, 0.1) is 50.2 Å². The molecule has 0 aromatic rings. The molecule has 190 valence electrons. The van der Waals surface area contributed by atoms with Crippen LogP contribution in [0.3, 0.4) is 0 Å². The van der Waals surface area contributed by atoms with Gasteiger partial charge in [-0.3, -0.25) is 9.59 Å². The number of carbonyl (C=O) groups excluding carboxylic acids is 1. The van der Waals surface area contributed by atoms with E-state index in [-0.39, 0.29) is 33.4 Å². The second-order valence-electron chi connectivity index (χ2n) is 15.0. The molecule has 0 bridgehead atoms. The molecule has 0 saturated heterocycles. The van der Waals surface area contributed by atoms with Gasteiger partial charge in [0.05, 0.1) is 5.41 Å². The standard InChI is InChI=1S/C30H46O4/c1-25(2)12-14-30(24(33)34)15-13-28(6)18(19(30)16-25)8-9-22-27(5)17-20(31)23(32)26(3,4)21(27)10-11-29(22,28)7/h8,19,21-23,32H,9-17H2,1-7H3,(H,33,34)/t19-,21-,22+,23+,27-,28+,29+,30-/m0/s1. The zero-order chi connectivity index (χ0) is 25.1. The Morgan fingerprint density at radius 1 is 0.941 bits per heavy atom. The molecule has 4 nitrogen and oxygen atoms in total. The minimum atomic E-state index is -0.865. The first-order valence-electron chi connectivity index (χ1n) is 13.7. The Morgan fingerprint density at radius 3 is 2.24 bits per heavy atom. The van der Waals surface area contributed by atoms with Gasteiger partial charge >= 0.3 is 5.97 Å². The maximum atomic E-state index is 13.1. The zero-order valence-electron chi connectivity index (χ0n) is 22.5. The molecule has 4 fully saturated rings. The van der Waals surface area contributed by atoms with E-state index < -0.39 is 22.9 Å². The molecule has 0 amide bonds. The van der Waals surface area contributed by atoms with Crippen LogP contribution >= 0.6 is 0 Å². The molecular weight excluding hydrogens is 424 g/mol. The van der Waals surface area contributed by atoms with Crippen molar-refractivity contribution >= 4 is 11.8 Å². The maximum absolute atomic E-state index is 13.1. The number of aliphatic hydroxyl groups is 1. The molecular formula is C30H46O4. The van der Waals surface area contributed by atoms with E-state index in [0.717, 1.165) is 51.4 Å². The van der Waals surface area contributed by atoms with E-state index in [1.165, 1.54) is 5.57 Å². The summed E-state index contributed by atoms with van der Waals surface area (Å²) >= 11 is 0. The SMILES string of the molecule is CC1(C)CC[C@]2(C(=O)O)CC[C@]3(C)C(=CC[C@@H]4[C@@]5(C)CC(=O)[C@@H](O)C(C)(C)[C@@H]5CC[C@]43C)[C@@H]2C1. The van der Waals surface area contributed by atoms with Gasteiger partial charge in [-0.05, 0) is 90.8 Å². The van der Waals surface area contributed by atoms with Gasteiger partial charge in [-0.1, -0.05) is 60.1 Å². The summed E-state index contributed by atoms with van der Waals surface area (Å²) in [6.07, 6.45) is 9.53. The minimum Gasteiger partial charge on any atom is -0.481 e. The van der Waals surface area contributed by atoms with E-state index in [4.69, 9.17) is 0 Å². The van der Waals surface area contributed by atoms with Crippen LogP contribution in [0.25, 0.3) is 0 Å². The molecule has 34 heavy (non-hydrogen) atoms. The number of hydrogen-bond donors (Lipinski definition) is 2. The van der Waals surface area contributed by atoms with Crippen LogP contribution in [0.15, 0.2) is 11.6 Å². The monoisotopic (exact) mass is 470 g/mol. The fourth-order valence-electron chi connectivity index (χ4n) is 10.5. The number of aliphatic hydroxyl groups excluding tert-OH is 1. The molecule has 4 saturated carbocycles. The summed E-state index contributed by atoms with van der Waals surface area (Å²) in [7, 11) is 0. The average Bonchev–Trinajstić information content (AvgIpc) is 2.72. The Balaban J connectivity index is 1.61. The summed E-state index contributed by atoms with van der Waals surface area (Å²) in [5.74, 6) is 0.224. The van der Waals surface area contributed by atoms with Crippen LogP contribution in [-0.4, -0.2) is 28.1 Å². The molecule has 2 N–H and O–H groups in total. The van der Waals surface area contributed by atoms with Crippen molar-refractivity contribution < 1.29 is 19.8 Å². The molecule has 0 aliphatic heterocycles. The van der Waals surface area contributed by atoms with E-state index in [9.17, 15) is 19.8 Å². The predicted molar refractivity (Wildman–Crippen MR) is 133 cm³/mol. The maximum Gasteiger partial charge on any atom is 0.310 e. The Morgan fingerprint density at radius 2 is 1.59 bits per heavy atom. The first kappa shape index (κ1) is 24.5. The molecule has 0 aromatic heterocycles. The summed E-state index contributed by atoms with van der Waals surface area (Å²) < 4.78 is 0. The van der Waals surface area contributed by atoms with Crippen molar-refractivity contribution in [2.24, 2.45) is 50.2 Å². The van der Waals surface area contributed by atoms with Crippen molar-refractivity contribution in [2.75, 3.05) is 0 Å². The summed E-state index contributed by atoms with van der Waals surface area (Å²) in [4.78, 5) is 25.8. The van der Waals surface area contributed by atoms with Gasteiger partial charge in [-0.2, -0.15) is 0 Å². The third-order valence-corrected chi connectivity index (χ3v) is 12.8. The van der Waals surface area contributed by atoms with Gasteiger partial charge in [0.2, 0.25) is 0 Å². The summed E-state index contributed by atoms with van der Waals surface area (Å²) in [6, 6.07) is 0. The number of hydrogen-bond acceptors (Lipinski definition) is 3. The van der Waals surface area contributed by atoms with Gasteiger partial charge in [0, 0.05) is 11.8 Å². The van der Waals surface area contributed by atoms with Gasteiger partial charge in [0.1, 0.15) is 6.10 Å². The summed E-state index contributed by atoms with van der Waals surface area (Å²) in [6.45, 7) is 16.1. The van der Waals surface area contributed by atoms with Gasteiger partial charge < -0.3 is 10.2 Å². The molecule has 0 heterocycles. The lowest BCUT2D eigenvalue weighted by Crippen LogP contribution is -2.66. The van der Waals surface area contributed by atoms with Crippen LogP contribution in [0.5, 0.6) is 0 Å². The Hall–Kier alpha value is -1.16. The van der Waals surface area contributed by atoms with Crippen LogP contribution in [0.4, 0.5) is 0 Å². The summed E-state index contributed by atoms with van der Waals surface area (Å²) in [5, 5.41) is 21.3. The summed E-state index contributed by atoms with van der Waals surface area (Å²) in [5.41, 5.74) is 0.436. The topological polar surface area (TPSA) is 74.6 Å². The lowest BCUT2D eigenvalue weighted by molar-refractivity contribution is -0.204. The van der Waals surface area contributed by atoms with Crippen LogP contribution in [-0.2, 0) is 9.59 Å². The Kier molecular flexibility index (Phi) is 5.04. The highest BCUT2D eigenvalue weighted by Crippen LogP contribution is 2.75. The minimum absolute atomic E-state index is 0.00972. The van der Waals surface area contributed by atoms with Crippen LogP contribution in [0.2, 0.25) is 0 Å². The molecule has 0 spiro atoms. The van der Waals surface area contributed by atoms with Crippen molar-refractivity contribution in [1.82, 2.24) is 0 Å². The predicted octanol–water partition coefficient (Wildman–Crippen LogP) is 6.41. The van der Waals surface area contributed by atoms with E-state index >= 15 is 0 Å². The molecule has 4 heteroatoms. The molecule has 5 rings (SSSR count). The van der Waals surface area contributed by atoms with Crippen LogP contribution in [0.1, 0.15) is 106 Å². The molecule has 8 atom stereocenters. The number of carbonyl (C=O) groups is 2. The smallest absolute Gasteiger partial charge is 0.310 e. The number of rotatable bonds is 1. The first-order valence-corrected chi connectivity index (χ1v) is 13.7. The van der Waals surface area contributed by atoms with Gasteiger partial charge in [-0.25, -0.2) is 0 Å². The van der Waals surface area contributed by atoms with E-state index in [2.05, 4.69) is 54.5 Å². The largest absolute Gasteiger partial charge is 0.481 e. The van der Waals surface area contributed by atoms with Crippen molar-refractivity contribution in [3.8, 4) is 0 Å². The number of allylic oxidation sites excluding steroid dienone is 2. The second kappa shape index (κ2) is 6.99. The van der Waals surface area contributed by atoms with Gasteiger partial charge in [0.25, 0.3) is 0 Å². The molecule has 5 aliphatic carbocycles. The van der Waals surface area contributed by atoms with E-state index in [1.54, 1.807) is 0 Å². The Bertz CT molecular complexity index is 961. The van der Waals surface area contributed by atoms with Gasteiger partial charge in [-0.15, -0.1) is 0 Å². The highest BCUT2D eigenvalue weighted by atomic mass is 16.4. The van der Waals surface area contributed by atoms with Gasteiger partial charge in [0.15, 0.2) is 5.78 Å². The van der Waals surface area contributed by atoms with E-state index in [0.29, 0.717) is 18.3 Å². The highest BCUT2D eigenvalue weighted by molar-refractivity contribution is 5.85. The first-order chi connectivity index (χ1) is 15.6.